The molecule has 3 aromatic rings. The Morgan fingerprint density at radius 2 is 1.54 bits per heavy atom. The third-order valence-corrected chi connectivity index (χ3v) is 5.64. The summed E-state index contributed by atoms with van der Waals surface area (Å²) in [5, 5.41) is 40.5. The highest BCUT2D eigenvalue weighted by Crippen LogP contribution is 2.37. The molecule has 4 N–H and O–H groups in total. The predicted octanol–water partition coefficient (Wildman–Crippen LogP) is 1.92. The molecule has 0 aliphatic carbocycles. The molecule has 1 aromatic heterocycles. The van der Waals surface area contributed by atoms with Crippen molar-refractivity contribution in [2.45, 2.75) is 51.5 Å². The minimum atomic E-state index is -1.72. The second kappa shape index (κ2) is 9.99. The quantitative estimate of drug-likeness (QED) is 0.362. The normalized spacial score (nSPS) is 23.4. The maximum absolute atomic E-state index is 13.5. The van der Waals surface area contributed by atoms with Crippen LogP contribution in [0.25, 0.3) is 22.3 Å². The van der Waals surface area contributed by atoms with E-state index in [0.717, 1.165) is 26.0 Å². The van der Waals surface area contributed by atoms with Crippen molar-refractivity contribution < 1.29 is 53.4 Å². The van der Waals surface area contributed by atoms with E-state index in [4.69, 9.17) is 23.4 Å². The summed E-state index contributed by atoms with van der Waals surface area (Å²) >= 11 is 0. The number of carbonyl (C=O) groups excluding carboxylic acids is 2. The molecule has 0 radical (unpaired) electrons. The van der Waals surface area contributed by atoms with Gasteiger partial charge in [-0.3, -0.25) is 14.4 Å². The monoisotopic (exact) mass is 516 g/mol. The van der Waals surface area contributed by atoms with Crippen molar-refractivity contribution in [1.29, 1.82) is 0 Å². The number of carbonyl (C=O) groups is 2. The summed E-state index contributed by atoms with van der Waals surface area (Å²) in [7, 11) is 0. The van der Waals surface area contributed by atoms with Gasteiger partial charge < -0.3 is 43.8 Å². The van der Waals surface area contributed by atoms with Crippen molar-refractivity contribution in [3.8, 4) is 34.3 Å². The second-order valence-electron chi connectivity index (χ2n) is 8.44. The molecule has 1 saturated heterocycles. The second-order valence-corrected chi connectivity index (χ2v) is 8.44. The van der Waals surface area contributed by atoms with Gasteiger partial charge in [-0.05, 0) is 31.2 Å². The molecular formula is C25H24O12. The van der Waals surface area contributed by atoms with E-state index in [2.05, 4.69) is 0 Å². The number of phenols is 3. The number of phenolic OH excluding ortho intramolecular Hbond substituents is 3. The zero-order chi connectivity index (χ0) is 27.0. The van der Waals surface area contributed by atoms with Crippen LogP contribution in [0.5, 0.6) is 23.0 Å². The van der Waals surface area contributed by atoms with Crippen molar-refractivity contribution in [1.82, 2.24) is 0 Å². The standard InChI is InChI=1S/C25H24O12/c1-10-21(34-11(2)26)24(35-12(3)27)20(32)25(33-10)37-23-19(31)18-16(30)8-15(29)9-17(18)36-22(23)13-4-6-14(28)7-5-13/h4-10,20-21,24-25,28-30,32H,1-3H3/t10-,20-,21+,24+,25-/m0/s1. The van der Waals surface area contributed by atoms with Gasteiger partial charge in [0, 0.05) is 31.5 Å². The zero-order valence-electron chi connectivity index (χ0n) is 19.9. The lowest BCUT2D eigenvalue weighted by Gasteiger charge is -2.41. The van der Waals surface area contributed by atoms with E-state index in [1.54, 1.807) is 0 Å². The number of aromatic hydroxyl groups is 3. The number of ether oxygens (including phenoxy) is 4. The summed E-state index contributed by atoms with van der Waals surface area (Å²) in [6, 6.07) is 7.58. The number of aliphatic hydroxyl groups is 1. The molecule has 2 aromatic carbocycles. The molecule has 1 fully saturated rings. The number of aliphatic hydroxyl groups excluding tert-OH is 1. The van der Waals surface area contributed by atoms with Crippen LogP contribution in [0.15, 0.2) is 45.6 Å². The van der Waals surface area contributed by atoms with E-state index in [1.807, 2.05) is 0 Å². The maximum Gasteiger partial charge on any atom is 0.303 e. The third-order valence-electron chi connectivity index (χ3n) is 5.64. The zero-order valence-corrected chi connectivity index (χ0v) is 19.9. The highest BCUT2D eigenvalue weighted by molar-refractivity contribution is 5.88. The molecule has 0 unspecified atom stereocenters. The average Bonchev–Trinajstić information content (AvgIpc) is 2.80. The fourth-order valence-corrected chi connectivity index (χ4v) is 4.06. The van der Waals surface area contributed by atoms with E-state index in [9.17, 15) is 34.8 Å². The molecule has 0 spiro atoms. The van der Waals surface area contributed by atoms with E-state index < -0.39 is 59.6 Å². The molecule has 2 heterocycles. The highest BCUT2D eigenvalue weighted by atomic mass is 16.7. The molecule has 0 amide bonds. The van der Waals surface area contributed by atoms with Crippen LogP contribution in [0.4, 0.5) is 0 Å². The first-order valence-corrected chi connectivity index (χ1v) is 11.1. The molecule has 4 rings (SSSR count). The lowest BCUT2D eigenvalue weighted by Crippen LogP contribution is -2.61. The first kappa shape index (κ1) is 25.8. The molecule has 5 atom stereocenters. The number of hydrogen-bond donors (Lipinski definition) is 4. The van der Waals surface area contributed by atoms with Crippen LogP contribution in [-0.4, -0.2) is 63.1 Å². The van der Waals surface area contributed by atoms with Gasteiger partial charge in [0.25, 0.3) is 0 Å². The van der Waals surface area contributed by atoms with Crippen LogP contribution in [0.3, 0.4) is 0 Å². The molecule has 0 bridgehead atoms. The number of benzene rings is 2. The minimum absolute atomic E-state index is 0.0646. The van der Waals surface area contributed by atoms with E-state index >= 15 is 0 Å². The summed E-state index contributed by atoms with van der Waals surface area (Å²) in [5.74, 6) is -3.14. The summed E-state index contributed by atoms with van der Waals surface area (Å²) in [6.07, 6.45) is -6.85. The van der Waals surface area contributed by atoms with Gasteiger partial charge in [-0.15, -0.1) is 0 Å². The van der Waals surface area contributed by atoms with E-state index in [0.29, 0.717) is 0 Å². The summed E-state index contributed by atoms with van der Waals surface area (Å²) < 4.78 is 27.7. The largest absolute Gasteiger partial charge is 0.508 e. The van der Waals surface area contributed by atoms with Gasteiger partial charge in [0.1, 0.15) is 28.2 Å². The molecule has 1 aliphatic heterocycles. The maximum atomic E-state index is 13.5. The molecular weight excluding hydrogens is 492 g/mol. The lowest BCUT2D eigenvalue weighted by molar-refractivity contribution is -0.276. The highest BCUT2D eigenvalue weighted by Gasteiger charge is 2.49. The Hall–Kier alpha value is -4.29. The summed E-state index contributed by atoms with van der Waals surface area (Å²) in [5.41, 5.74) is -0.761. The van der Waals surface area contributed by atoms with Gasteiger partial charge in [-0.1, -0.05) is 0 Å². The van der Waals surface area contributed by atoms with Crippen molar-refractivity contribution >= 4 is 22.9 Å². The molecule has 196 valence electrons. The molecule has 1 aliphatic rings. The van der Waals surface area contributed by atoms with Crippen LogP contribution < -0.4 is 10.2 Å². The number of hydrogen-bond acceptors (Lipinski definition) is 12. The van der Waals surface area contributed by atoms with Crippen LogP contribution in [0.1, 0.15) is 20.8 Å². The van der Waals surface area contributed by atoms with Crippen molar-refractivity contribution in [2.24, 2.45) is 0 Å². The number of rotatable bonds is 5. The number of esters is 2. The van der Waals surface area contributed by atoms with Gasteiger partial charge in [-0.25, -0.2) is 0 Å². The Labute approximate surface area is 209 Å². The lowest BCUT2D eigenvalue weighted by atomic mass is 9.99. The first-order chi connectivity index (χ1) is 17.5. The van der Waals surface area contributed by atoms with Gasteiger partial charge in [0.15, 0.2) is 24.1 Å². The summed E-state index contributed by atoms with van der Waals surface area (Å²) in [4.78, 5) is 36.8. The fraction of sp³-hybridized carbons (Fsp3) is 0.320. The summed E-state index contributed by atoms with van der Waals surface area (Å²) in [6.45, 7) is 3.73. The molecule has 37 heavy (non-hydrogen) atoms. The van der Waals surface area contributed by atoms with Gasteiger partial charge in [0.2, 0.25) is 17.5 Å². The van der Waals surface area contributed by atoms with E-state index in [1.165, 1.54) is 31.2 Å². The topological polar surface area (TPSA) is 182 Å². The predicted molar refractivity (Wildman–Crippen MR) is 125 cm³/mol. The molecule has 12 nitrogen and oxygen atoms in total. The Bertz CT molecular complexity index is 1390. The van der Waals surface area contributed by atoms with Crippen molar-refractivity contribution in [3.63, 3.8) is 0 Å². The van der Waals surface area contributed by atoms with Crippen LogP contribution >= 0.6 is 0 Å². The minimum Gasteiger partial charge on any atom is -0.508 e. The van der Waals surface area contributed by atoms with Crippen LogP contribution in [0.2, 0.25) is 0 Å². The van der Waals surface area contributed by atoms with Gasteiger partial charge >= 0.3 is 11.9 Å². The van der Waals surface area contributed by atoms with Crippen molar-refractivity contribution in [2.75, 3.05) is 0 Å². The SMILES string of the molecule is CC(=O)O[C@@H]1[C@H](O)[C@H](Oc2c(-c3ccc(O)cc3)oc3cc(O)cc(O)c3c2=O)O[C@@H](C)[C@H]1OC(C)=O. The van der Waals surface area contributed by atoms with Crippen molar-refractivity contribution in [3.05, 3.63) is 46.6 Å². The fourth-order valence-electron chi connectivity index (χ4n) is 4.06. The molecule has 12 heteroatoms. The smallest absolute Gasteiger partial charge is 0.303 e. The average molecular weight is 516 g/mol. The third kappa shape index (κ3) is 5.15. The van der Waals surface area contributed by atoms with Crippen LogP contribution in [0, 0.1) is 0 Å². The van der Waals surface area contributed by atoms with Gasteiger partial charge in [-0.2, -0.15) is 0 Å². The Morgan fingerprint density at radius 1 is 0.919 bits per heavy atom. The van der Waals surface area contributed by atoms with Crippen LogP contribution in [-0.2, 0) is 23.8 Å². The van der Waals surface area contributed by atoms with Gasteiger partial charge in [0.05, 0.1) is 6.10 Å². The Kier molecular flexibility index (Phi) is 6.96. The van der Waals surface area contributed by atoms with E-state index in [-0.39, 0.29) is 33.8 Å². The molecule has 0 saturated carbocycles. The Balaban J connectivity index is 1.83. The first-order valence-electron chi connectivity index (χ1n) is 11.1. The number of fused-ring (bicyclic) bond motifs is 1. The Morgan fingerprint density at radius 3 is 2.16 bits per heavy atom.